The van der Waals surface area contributed by atoms with E-state index in [-0.39, 0.29) is 0 Å². The van der Waals surface area contributed by atoms with E-state index in [0.29, 0.717) is 36.4 Å². The van der Waals surface area contributed by atoms with E-state index >= 15 is 0 Å². The van der Waals surface area contributed by atoms with Crippen LogP contribution in [0.2, 0.25) is 0 Å². The summed E-state index contributed by atoms with van der Waals surface area (Å²) in [6.07, 6.45) is 0. The highest BCUT2D eigenvalue weighted by atomic mass is 16.5. The van der Waals surface area contributed by atoms with Gasteiger partial charge in [0.25, 0.3) is 0 Å². The summed E-state index contributed by atoms with van der Waals surface area (Å²) in [6, 6.07) is 5.75. The Labute approximate surface area is 148 Å². The fourth-order valence-corrected chi connectivity index (χ4v) is 2.36. The number of aromatic nitrogens is 1. The van der Waals surface area contributed by atoms with Gasteiger partial charge in [-0.2, -0.15) is 0 Å². The Balaban J connectivity index is 2.09. The Hall–Kier alpha value is -2.70. The number of rotatable bonds is 7. The Bertz CT molecular complexity index is 706. The molecule has 2 rings (SSSR count). The van der Waals surface area contributed by atoms with Crippen molar-refractivity contribution in [1.29, 1.82) is 0 Å². The molecular weight excluding hydrogens is 320 g/mol. The first-order valence-electron chi connectivity index (χ1n) is 8.24. The average molecular weight is 346 g/mol. The van der Waals surface area contributed by atoms with Gasteiger partial charge in [0.05, 0.1) is 33.0 Å². The first-order chi connectivity index (χ1) is 12.1. The summed E-state index contributed by atoms with van der Waals surface area (Å²) in [6.45, 7) is 7.53. The summed E-state index contributed by atoms with van der Waals surface area (Å²) < 4.78 is 16.3. The normalized spacial score (nSPS) is 11.3. The van der Waals surface area contributed by atoms with Gasteiger partial charge in [0.1, 0.15) is 5.76 Å². The molecule has 0 saturated heterocycles. The molecule has 1 aromatic carbocycles. The van der Waals surface area contributed by atoms with Gasteiger partial charge in [-0.05, 0) is 26.8 Å². The molecule has 1 aromatic heterocycles. The van der Waals surface area contributed by atoms with Crippen LogP contribution in [0, 0.1) is 13.8 Å². The molecule has 0 amide bonds. The smallest absolute Gasteiger partial charge is 0.214 e. The lowest BCUT2D eigenvalue weighted by atomic mass is 10.2. The highest BCUT2D eigenvalue weighted by Gasteiger charge is 2.10. The molecule has 136 valence electrons. The maximum absolute atomic E-state index is 5.58. The highest BCUT2D eigenvalue weighted by Crippen LogP contribution is 2.31. The van der Waals surface area contributed by atoms with Crippen LogP contribution in [0.25, 0.3) is 0 Å². The van der Waals surface area contributed by atoms with Gasteiger partial charge in [0, 0.05) is 12.1 Å². The lowest BCUT2D eigenvalue weighted by Gasteiger charge is -2.13. The SMILES string of the molecule is CCNC(=NCc1cccc(OC)c1OC)NCc1nc(C)c(C)o1. The van der Waals surface area contributed by atoms with E-state index in [0.717, 1.165) is 23.6 Å². The van der Waals surface area contributed by atoms with E-state index in [2.05, 4.69) is 20.6 Å². The van der Waals surface area contributed by atoms with Gasteiger partial charge in [0.15, 0.2) is 17.5 Å². The molecule has 1 heterocycles. The minimum absolute atomic E-state index is 0.458. The fourth-order valence-electron chi connectivity index (χ4n) is 2.36. The molecule has 0 aliphatic carbocycles. The molecule has 0 radical (unpaired) electrons. The van der Waals surface area contributed by atoms with E-state index in [4.69, 9.17) is 13.9 Å². The van der Waals surface area contributed by atoms with Crippen LogP contribution in [-0.4, -0.2) is 31.7 Å². The Morgan fingerprint density at radius 2 is 2.00 bits per heavy atom. The molecule has 0 bridgehead atoms. The molecule has 7 heteroatoms. The van der Waals surface area contributed by atoms with Crippen LogP contribution in [0.1, 0.15) is 29.8 Å². The van der Waals surface area contributed by atoms with E-state index in [9.17, 15) is 0 Å². The number of ether oxygens (including phenoxy) is 2. The molecule has 2 N–H and O–H groups in total. The topological polar surface area (TPSA) is 80.9 Å². The molecule has 0 atom stereocenters. The molecule has 25 heavy (non-hydrogen) atoms. The second-order valence-electron chi connectivity index (χ2n) is 5.45. The quantitative estimate of drug-likeness (QED) is 0.592. The lowest BCUT2D eigenvalue weighted by molar-refractivity contribution is 0.352. The third-order valence-electron chi connectivity index (χ3n) is 3.72. The van der Waals surface area contributed by atoms with Gasteiger partial charge >= 0.3 is 0 Å². The summed E-state index contributed by atoms with van der Waals surface area (Å²) in [5, 5.41) is 6.43. The lowest BCUT2D eigenvalue weighted by Crippen LogP contribution is -2.36. The van der Waals surface area contributed by atoms with Crippen molar-refractivity contribution in [3.63, 3.8) is 0 Å². The van der Waals surface area contributed by atoms with Gasteiger partial charge < -0.3 is 24.5 Å². The Morgan fingerprint density at radius 1 is 1.20 bits per heavy atom. The molecule has 0 aliphatic heterocycles. The van der Waals surface area contributed by atoms with E-state index in [1.54, 1.807) is 14.2 Å². The van der Waals surface area contributed by atoms with Crippen molar-refractivity contribution >= 4 is 5.96 Å². The van der Waals surface area contributed by atoms with Gasteiger partial charge in [-0.25, -0.2) is 9.98 Å². The average Bonchev–Trinajstić information content (AvgIpc) is 2.94. The zero-order valence-electron chi connectivity index (χ0n) is 15.5. The molecule has 0 fully saturated rings. The minimum atomic E-state index is 0.458. The van der Waals surface area contributed by atoms with E-state index < -0.39 is 0 Å². The maximum atomic E-state index is 5.58. The van der Waals surface area contributed by atoms with Crippen LogP contribution in [-0.2, 0) is 13.1 Å². The van der Waals surface area contributed by atoms with Crippen LogP contribution in [0.3, 0.4) is 0 Å². The summed E-state index contributed by atoms with van der Waals surface area (Å²) in [4.78, 5) is 8.96. The van der Waals surface area contributed by atoms with Gasteiger partial charge in [-0.15, -0.1) is 0 Å². The molecule has 0 spiro atoms. The van der Waals surface area contributed by atoms with Crippen LogP contribution >= 0.6 is 0 Å². The van der Waals surface area contributed by atoms with Crippen molar-refractivity contribution in [3.05, 3.63) is 41.1 Å². The molecular formula is C18H26N4O3. The van der Waals surface area contributed by atoms with E-state index in [1.165, 1.54) is 0 Å². The van der Waals surface area contributed by atoms with Crippen molar-refractivity contribution in [2.75, 3.05) is 20.8 Å². The first-order valence-corrected chi connectivity index (χ1v) is 8.24. The number of hydrogen-bond donors (Lipinski definition) is 2. The first kappa shape index (κ1) is 18.6. The number of nitrogens with zero attached hydrogens (tertiary/aromatic N) is 2. The van der Waals surface area contributed by atoms with Crippen LogP contribution < -0.4 is 20.1 Å². The van der Waals surface area contributed by atoms with Crippen molar-refractivity contribution in [2.45, 2.75) is 33.9 Å². The Kier molecular flexibility index (Phi) is 6.68. The largest absolute Gasteiger partial charge is 0.493 e. The number of aryl methyl sites for hydroxylation is 2. The van der Waals surface area contributed by atoms with Crippen LogP contribution in [0.15, 0.2) is 27.6 Å². The zero-order chi connectivity index (χ0) is 18.2. The predicted molar refractivity (Wildman–Crippen MR) is 97.2 cm³/mol. The van der Waals surface area contributed by atoms with Crippen LogP contribution in [0.5, 0.6) is 11.5 Å². The molecule has 0 unspecified atom stereocenters. The summed E-state index contributed by atoms with van der Waals surface area (Å²) in [7, 11) is 3.25. The minimum Gasteiger partial charge on any atom is -0.493 e. The van der Waals surface area contributed by atoms with Crippen molar-refractivity contribution in [3.8, 4) is 11.5 Å². The Morgan fingerprint density at radius 3 is 2.60 bits per heavy atom. The van der Waals surface area contributed by atoms with Gasteiger partial charge in [-0.3, -0.25) is 0 Å². The number of para-hydroxylation sites is 1. The standard InChI is InChI=1S/C18H26N4O3/c1-6-19-18(21-11-16-22-12(2)13(3)25-16)20-10-14-8-7-9-15(23-4)17(14)24-5/h7-9H,6,10-11H2,1-5H3,(H2,19,20,21). The number of benzene rings is 1. The highest BCUT2D eigenvalue weighted by molar-refractivity contribution is 5.79. The number of nitrogens with one attached hydrogen (secondary N) is 2. The number of hydrogen-bond acceptors (Lipinski definition) is 5. The number of aliphatic imine (C=N–C) groups is 1. The monoisotopic (exact) mass is 346 g/mol. The van der Waals surface area contributed by atoms with Crippen molar-refractivity contribution in [1.82, 2.24) is 15.6 Å². The third-order valence-corrected chi connectivity index (χ3v) is 3.72. The summed E-state index contributed by atoms with van der Waals surface area (Å²) >= 11 is 0. The summed E-state index contributed by atoms with van der Waals surface area (Å²) in [5.41, 5.74) is 1.85. The second-order valence-corrected chi connectivity index (χ2v) is 5.45. The molecule has 7 nitrogen and oxygen atoms in total. The number of guanidine groups is 1. The molecule has 0 saturated carbocycles. The third kappa shape index (κ3) is 4.89. The number of methoxy groups -OCH3 is 2. The zero-order valence-corrected chi connectivity index (χ0v) is 15.5. The van der Waals surface area contributed by atoms with Crippen molar-refractivity contribution < 1.29 is 13.9 Å². The van der Waals surface area contributed by atoms with E-state index in [1.807, 2.05) is 39.0 Å². The van der Waals surface area contributed by atoms with Crippen LogP contribution in [0.4, 0.5) is 0 Å². The molecule has 0 aliphatic rings. The molecule has 2 aromatic rings. The number of oxazole rings is 1. The van der Waals surface area contributed by atoms with Gasteiger partial charge in [-0.1, -0.05) is 12.1 Å². The predicted octanol–water partition coefficient (Wildman–Crippen LogP) is 2.56. The second kappa shape index (κ2) is 8.96. The van der Waals surface area contributed by atoms with Crippen molar-refractivity contribution in [2.24, 2.45) is 4.99 Å². The fraction of sp³-hybridized carbons (Fsp3) is 0.444. The maximum Gasteiger partial charge on any atom is 0.214 e. The van der Waals surface area contributed by atoms with Gasteiger partial charge in [0.2, 0.25) is 5.89 Å². The summed E-state index contributed by atoms with van der Waals surface area (Å²) in [5.74, 6) is 3.54.